The Balaban J connectivity index is 3.09. The normalized spacial score (nSPS) is 11.2. The fraction of sp³-hybridized carbons (Fsp3) is 0.960. The summed E-state index contributed by atoms with van der Waals surface area (Å²) < 4.78 is 27.0. The lowest BCUT2D eigenvalue weighted by atomic mass is 10.1. The zero-order chi connectivity index (χ0) is 22.7. The third-order valence-corrected chi connectivity index (χ3v) is 4.98. The molecule has 0 heterocycles. The van der Waals surface area contributed by atoms with E-state index in [1.807, 2.05) is 0 Å². The van der Waals surface area contributed by atoms with Crippen LogP contribution >= 0.6 is 0 Å². The number of ether oxygens (including phenoxy) is 5. The maximum absolute atomic E-state index is 11.6. The van der Waals surface area contributed by atoms with E-state index in [9.17, 15) is 4.79 Å². The summed E-state index contributed by atoms with van der Waals surface area (Å²) in [5.41, 5.74) is 0. The molecule has 0 bridgehead atoms. The molecule has 0 spiro atoms. The van der Waals surface area contributed by atoms with Crippen molar-refractivity contribution in [1.82, 2.24) is 0 Å². The summed E-state index contributed by atoms with van der Waals surface area (Å²) in [6, 6.07) is 0. The van der Waals surface area contributed by atoms with Crippen LogP contribution < -0.4 is 0 Å². The highest BCUT2D eigenvalue weighted by Gasteiger charge is 2.02. The summed E-state index contributed by atoms with van der Waals surface area (Å²) in [6.07, 6.45) is 15.3. The first-order valence-electron chi connectivity index (χ1n) is 12.8. The van der Waals surface area contributed by atoms with E-state index < -0.39 is 0 Å². The molecule has 0 aromatic heterocycles. The topological polar surface area (TPSA) is 63.2 Å². The standard InChI is InChI=1S/C25H50O6/c1-3-5-7-9-11-13-15-25(26)31-24-23-30-22-21-29-20-19-28-18-17-27-16-14-12-10-8-6-4-2/h3-24H2,1-2H3. The molecule has 6 nitrogen and oxygen atoms in total. The molecule has 0 saturated heterocycles. The minimum Gasteiger partial charge on any atom is -0.463 e. The number of hydrogen-bond donors (Lipinski definition) is 0. The van der Waals surface area contributed by atoms with E-state index in [0.717, 1.165) is 25.9 Å². The Kier molecular flexibility index (Phi) is 26.7. The minimum atomic E-state index is -0.122. The molecule has 6 heteroatoms. The molecule has 0 unspecified atom stereocenters. The Morgan fingerprint density at radius 1 is 0.452 bits per heavy atom. The smallest absolute Gasteiger partial charge is 0.305 e. The van der Waals surface area contributed by atoms with Gasteiger partial charge in [-0.3, -0.25) is 4.79 Å². The van der Waals surface area contributed by atoms with Gasteiger partial charge in [0.2, 0.25) is 0 Å². The number of carbonyl (C=O) groups is 1. The highest BCUT2D eigenvalue weighted by atomic mass is 16.6. The molecule has 0 aliphatic carbocycles. The molecule has 0 aliphatic rings. The molecular weight excluding hydrogens is 396 g/mol. The van der Waals surface area contributed by atoms with Gasteiger partial charge in [-0.25, -0.2) is 0 Å². The second-order valence-electron chi connectivity index (χ2n) is 7.96. The van der Waals surface area contributed by atoms with Crippen LogP contribution in [0.5, 0.6) is 0 Å². The van der Waals surface area contributed by atoms with Crippen molar-refractivity contribution in [3.05, 3.63) is 0 Å². The third-order valence-electron chi connectivity index (χ3n) is 4.98. The molecule has 186 valence electrons. The van der Waals surface area contributed by atoms with E-state index in [0.29, 0.717) is 59.3 Å². The zero-order valence-electron chi connectivity index (χ0n) is 20.5. The van der Waals surface area contributed by atoms with Crippen LogP contribution in [0.2, 0.25) is 0 Å². The molecule has 0 aromatic carbocycles. The first-order valence-corrected chi connectivity index (χ1v) is 12.8. The van der Waals surface area contributed by atoms with Crippen molar-refractivity contribution >= 4 is 5.97 Å². The second-order valence-corrected chi connectivity index (χ2v) is 7.96. The predicted molar refractivity (Wildman–Crippen MR) is 126 cm³/mol. The lowest BCUT2D eigenvalue weighted by Gasteiger charge is -2.08. The molecule has 0 rings (SSSR count). The van der Waals surface area contributed by atoms with Gasteiger partial charge in [-0.2, -0.15) is 0 Å². The van der Waals surface area contributed by atoms with Gasteiger partial charge in [0, 0.05) is 13.0 Å². The molecule has 0 radical (unpaired) electrons. The first-order chi connectivity index (χ1) is 15.3. The van der Waals surface area contributed by atoms with Crippen molar-refractivity contribution in [2.75, 3.05) is 59.5 Å². The average molecular weight is 447 g/mol. The van der Waals surface area contributed by atoms with Crippen LogP contribution in [0.15, 0.2) is 0 Å². The molecular formula is C25H50O6. The molecule has 0 atom stereocenters. The van der Waals surface area contributed by atoms with E-state index in [2.05, 4.69) is 13.8 Å². The molecule has 0 aliphatic heterocycles. The van der Waals surface area contributed by atoms with Gasteiger partial charge in [0.1, 0.15) is 6.61 Å². The lowest BCUT2D eigenvalue weighted by molar-refractivity contribution is -0.145. The van der Waals surface area contributed by atoms with Crippen LogP contribution in [0, 0.1) is 0 Å². The van der Waals surface area contributed by atoms with E-state index >= 15 is 0 Å². The maximum atomic E-state index is 11.6. The summed E-state index contributed by atoms with van der Waals surface area (Å²) in [6.45, 7) is 9.39. The minimum absolute atomic E-state index is 0.122. The van der Waals surface area contributed by atoms with Crippen LogP contribution in [0.1, 0.15) is 97.3 Å². The average Bonchev–Trinajstić information content (AvgIpc) is 2.77. The van der Waals surface area contributed by atoms with Crippen molar-refractivity contribution < 1.29 is 28.5 Å². The van der Waals surface area contributed by atoms with Gasteiger partial charge in [0.25, 0.3) is 0 Å². The van der Waals surface area contributed by atoms with Gasteiger partial charge in [-0.1, -0.05) is 78.1 Å². The fourth-order valence-electron chi connectivity index (χ4n) is 3.08. The molecule has 0 amide bonds. The Bertz CT molecular complexity index is 351. The van der Waals surface area contributed by atoms with Crippen molar-refractivity contribution in [1.29, 1.82) is 0 Å². The van der Waals surface area contributed by atoms with Crippen LogP contribution in [0.4, 0.5) is 0 Å². The Hall–Kier alpha value is -0.690. The predicted octanol–water partition coefficient (Wildman–Crippen LogP) is 5.71. The number of esters is 1. The number of unbranched alkanes of at least 4 members (excludes halogenated alkanes) is 10. The van der Waals surface area contributed by atoms with E-state index in [-0.39, 0.29) is 5.97 Å². The molecule has 0 N–H and O–H groups in total. The summed E-state index contributed by atoms with van der Waals surface area (Å²) in [5.74, 6) is -0.122. The van der Waals surface area contributed by atoms with E-state index in [4.69, 9.17) is 23.7 Å². The van der Waals surface area contributed by atoms with Gasteiger partial charge in [0.15, 0.2) is 0 Å². The van der Waals surface area contributed by atoms with Crippen molar-refractivity contribution in [2.24, 2.45) is 0 Å². The van der Waals surface area contributed by atoms with Gasteiger partial charge in [-0.05, 0) is 12.8 Å². The monoisotopic (exact) mass is 446 g/mol. The highest BCUT2D eigenvalue weighted by molar-refractivity contribution is 5.69. The number of hydrogen-bond acceptors (Lipinski definition) is 6. The molecule has 31 heavy (non-hydrogen) atoms. The Morgan fingerprint density at radius 2 is 0.839 bits per heavy atom. The van der Waals surface area contributed by atoms with Crippen LogP contribution in [0.3, 0.4) is 0 Å². The third kappa shape index (κ3) is 27.3. The molecule has 0 aromatic rings. The summed E-state index contributed by atoms with van der Waals surface area (Å²) in [4.78, 5) is 11.6. The SMILES string of the molecule is CCCCCCCCOCCOCCOCCOCCOC(=O)CCCCCCCC. The Labute approximate surface area is 191 Å². The van der Waals surface area contributed by atoms with Crippen molar-refractivity contribution in [3.63, 3.8) is 0 Å². The quantitative estimate of drug-likeness (QED) is 0.125. The van der Waals surface area contributed by atoms with Crippen LogP contribution in [-0.4, -0.2) is 65.4 Å². The summed E-state index contributed by atoms with van der Waals surface area (Å²) in [7, 11) is 0. The summed E-state index contributed by atoms with van der Waals surface area (Å²) >= 11 is 0. The number of carbonyl (C=O) groups excluding carboxylic acids is 1. The van der Waals surface area contributed by atoms with E-state index in [1.54, 1.807) is 0 Å². The highest BCUT2D eigenvalue weighted by Crippen LogP contribution is 2.07. The lowest BCUT2D eigenvalue weighted by Crippen LogP contribution is -2.14. The molecule has 0 saturated carbocycles. The van der Waals surface area contributed by atoms with Crippen LogP contribution in [-0.2, 0) is 28.5 Å². The largest absolute Gasteiger partial charge is 0.463 e. The fourth-order valence-corrected chi connectivity index (χ4v) is 3.08. The molecule has 0 fully saturated rings. The van der Waals surface area contributed by atoms with Crippen LogP contribution in [0.25, 0.3) is 0 Å². The van der Waals surface area contributed by atoms with Gasteiger partial charge < -0.3 is 23.7 Å². The van der Waals surface area contributed by atoms with Crippen molar-refractivity contribution in [2.45, 2.75) is 97.3 Å². The van der Waals surface area contributed by atoms with Gasteiger partial charge >= 0.3 is 5.97 Å². The van der Waals surface area contributed by atoms with Gasteiger partial charge in [-0.15, -0.1) is 0 Å². The van der Waals surface area contributed by atoms with Gasteiger partial charge in [0.05, 0.1) is 46.2 Å². The van der Waals surface area contributed by atoms with Crippen molar-refractivity contribution in [3.8, 4) is 0 Å². The number of rotatable bonds is 26. The summed E-state index contributed by atoms with van der Waals surface area (Å²) in [5, 5.41) is 0. The van der Waals surface area contributed by atoms with E-state index in [1.165, 1.54) is 57.8 Å². The maximum Gasteiger partial charge on any atom is 0.305 e. The Morgan fingerprint density at radius 3 is 1.35 bits per heavy atom. The second kappa shape index (κ2) is 27.3. The zero-order valence-corrected chi connectivity index (χ0v) is 20.5. The first kappa shape index (κ1) is 30.3.